The van der Waals surface area contributed by atoms with Crippen LogP contribution in [0.1, 0.15) is 24.0 Å². The average Bonchev–Trinajstić information content (AvgIpc) is 2.50. The number of methoxy groups -OCH3 is 1. The first-order valence-corrected chi connectivity index (χ1v) is 7.36. The lowest BCUT2D eigenvalue weighted by Crippen LogP contribution is -2.54. The van der Waals surface area contributed by atoms with E-state index >= 15 is 0 Å². The number of amides is 1. The van der Waals surface area contributed by atoms with Crippen LogP contribution in [0.25, 0.3) is 0 Å². The Morgan fingerprint density at radius 3 is 2.68 bits per heavy atom. The number of nitrogens with one attached hydrogen (secondary N) is 2. The minimum Gasteiger partial charge on any atom is -0.368 e. The molecule has 6 heteroatoms. The largest absolute Gasteiger partial charge is 0.368 e. The highest BCUT2D eigenvalue weighted by Crippen LogP contribution is 2.22. The molecule has 1 aromatic carbocycles. The molecule has 0 spiro atoms. The van der Waals surface area contributed by atoms with Crippen molar-refractivity contribution in [2.75, 3.05) is 26.7 Å². The molecule has 1 aliphatic rings. The topological polar surface area (TPSA) is 50.4 Å². The lowest BCUT2D eigenvalue weighted by atomic mass is 9.91. The minimum atomic E-state index is -0.705. The molecule has 0 saturated carbocycles. The molecule has 1 aliphatic heterocycles. The van der Waals surface area contributed by atoms with Crippen LogP contribution >= 0.6 is 12.4 Å². The first-order valence-electron chi connectivity index (χ1n) is 7.36. The van der Waals surface area contributed by atoms with E-state index in [2.05, 4.69) is 10.6 Å². The second-order valence-electron chi connectivity index (χ2n) is 5.53. The Kier molecular flexibility index (Phi) is 7.26. The van der Waals surface area contributed by atoms with Gasteiger partial charge in [0.2, 0.25) is 0 Å². The number of piperidine rings is 1. The quantitative estimate of drug-likeness (QED) is 0.868. The van der Waals surface area contributed by atoms with Crippen molar-refractivity contribution in [1.29, 1.82) is 0 Å². The Hall–Kier alpha value is -1.17. The second-order valence-corrected chi connectivity index (χ2v) is 5.53. The Morgan fingerprint density at radius 1 is 1.41 bits per heavy atom. The predicted molar refractivity (Wildman–Crippen MR) is 86.9 cm³/mol. The van der Waals surface area contributed by atoms with Crippen molar-refractivity contribution in [2.45, 2.75) is 31.8 Å². The molecule has 1 fully saturated rings. The Balaban J connectivity index is 0.00000242. The van der Waals surface area contributed by atoms with Crippen LogP contribution in [0.4, 0.5) is 4.39 Å². The fraction of sp³-hybridized carbons (Fsp3) is 0.562. The highest BCUT2D eigenvalue weighted by molar-refractivity contribution is 5.85. The summed E-state index contributed by atoms with van der Waals surface area (Å²) >= 11 is 0. The van der Waals surface area contributed by atoms with Gasteiger partial charge in [-0.25, -0.2) is 4.39 Å². The molecule has 0 unspecified atom stereocenters. The van der Waals surface area contributed by atoms with E-state index in [4.69, 9.17) is 4.74 Å². The van der Waals surface area contributed by atoms with Crippen LogP contribution in [0.3, 0.4) is 0 Å². The first-order chi connectivity index (χ1) is 10.1. The van der Waals surface area contributed by atoms with Crippen molar-refractivity contribution in [2.24, 2.45) is 0 Å². The third kappa shape index (κ3) is 4.41. The fourth-order valence-corrected chi connectivity index (χ4v) is 2.77. The number of hydrogen-bond donors (Lipinski definition) is 2. The highest BCUT2D eigenvalue weighted by atomic mass is 35.5. The molecule has 0 aromatic heterocycles. The molecule has 1 amide bonds. The summed E-state index contributed by atoms with van der Waals surface area (Å²) in [6, 6.07) is 4.74. The SMILES string of the molecule is COC1(C(=O)NCCc2ccc(F)cc2C)CCNCC1.Cl. The summed E-state index contributed by atoms with van der Waals surface area (Å²) in [5.74, 6) is -0.278. The van der Waals surface area contributed by atoms with Crippen molar-refractivity contribution < 1.29 is 13.9 Å². The van der Waals surface area contributed by atoms with Gasteiger partial charge in [0.25, 0.3) is 5.91 Å². The van der Waals surface area contributed by atoms with Crippen LogP contribution in [0, 0.1) is 12.7 Å². The smallest absolute Gasteiger partial charge is 0.252 e. The molecule has 0 atom stereocenters. The van der Waals surface area contributed by atoms with E-state index in [9.17, 15) is 9.18 Å². The molecule has 124 valence electrons. The molecular weight excluding hydrogens is 307 g/mol. The number of benzene rings is 1. The number of carbonyl (C=O) groups excluding carboxylic acids is 1. The highest BCUT2D eigenvalue weighted by Gasteiger charge is 2.39. The number of ether oxygens (including phenoxy) is 1. The maximum Gasteiger partial charge on any atom is 0.252 e. The zero-order valence-corrected chi connectivity index (χ0v) is 13.9. The third-order valence-corrected chi connectivity index (χ3v) is 4.20. The Bertz CT molecular complexity index is 505. The van der Waals surface area contributed by atoms with Gasteiger partial charge in [-0.3, -0.25) is 4.79 Å². The molecular formula is C16H24ClFN2O2. The van der Waals surface area contributed by atoms with Crippen LogP contribution in [0.5, 0.6) is 0 Å². The maximum atomic E-state index is 13.0. The van der Waals surface area contributed by atoms with Gasteiger partial charge in [-0.05, 0) is 62.5 Å². The number of aryl methyl sites for hydroxylation is 1. The van der Waals surface area contributed by atoms with Gasteiger partial charge in [0.15, 0.2) is 0 Å². The van der Waals surface area contributed by atoms with Gasteiger partial charge in [-0.2, -0.15) is 0 Å². The lowest BCUT2D eigenvalue weighted by Gasteiger charge is -2.34. The summed E-state index contributed by atoms with van der Waals surface area (Å²) in [4.78, 5) is 12.4. The van der Waals surface area contributed by atoms with Gasteiger partial charge in [0.05, 0.1) is 0 Å². The maximum absolute atomic E-state index is 13.0. The van der Waals surface area contributed by atoms with E-state index in [1.807, 2.05) is 6.92 Å². The fourth-order valence-electron chi connectivity index (χ4n) is 2.77. The molecule has 0 bridgehead atoms. The van der Waals surface area contributed by atoms with Gasteiger partial charge in [0, 0.05) is 13.7 Å². The van der Waals surface area contributed by atoms with E-state index in [0.29, 0.717) is 25.8 Å². The van der Waals surface area contributed by atoms with Crippen LogP contribution in [0.15, 0.2) is 18.2 Å². The minimum absolute atomic E-state index is 0. The van der Waals surface area contributed by atoms with Crippen molar-refractivity contribution in [3.8, 4) is 0 Å². The van der Waals surface area contributed by atoms with Gasteiger partial charge in [-0.15, -0.1) is 12.4 Å². The van der Waals surface area contributed by atoms with Gasteiger partial charge in [0.1, 0.15) is 11.4 Å². The molecule has 1 aromatic rings. The molecule has 0 radical (unpaired) electrons. The van der Waals surface area contributed by atoms with E-state index in [-0.39, 0.29) is 24.1 Å². The van der Waals surface area contributed by atoms with E-state index < -0.39 is 5.60 Å². The summed E-state index contributed by atoms with van der Waals surface area (Å²) < 4.78 is 18.5. The van der Waals surface area contributed by atoms with Gasteiger partial charge < -0.3 is 15.4 Å². The zero-order valence-electron chi connectivity index (χ0n) is 13.1. The monoisotopic (exact) mass is 330 g/mol. The van der Waals surface area contributed by atoms with E-state index in [1.54, 1.807) is 13.2 Å². The summed E-state index contributed by atoms with van der Waals surface area (Å²) in [6.45, 7) is 3.99. The van der Waals surface area contributed by atoms with Crippen molar-refractivity contribution in [3.05, 3.63) is 35.1 Å². The number of halogens is 2. The predicted octanol–water partition coefficient (Wildman–Crippen LogP) is 1.98. The van der Waals surface area contributed by atoms with Gasteiger partial charge in [-0.1, -0.05) is 6.07 Å². The number of hydrogen-bond acceptors (Lipinski definition) is 3. The summed E-state index contributed by atoms with van der Waals surface area (Å²) in [5, 5.41) is 6.18. The molecule has 4 nitrogen and oxygen atoms in total. The van der Waals surface area contributed by atoms with E-state index in [1.165, 1.54) is 12.1 Å². The Morgan fingerprint density at radius 2 is 2.09 bits per heavy atom. The van der Waals surface area contributed by atoms with E-state index in [0.717, 1.165) is 24.2 Å². The van der Waals surface area contributed by atoms with Crippen LogP contribution < -0.4 is 10.6 Å². The molecule has 1 heterocycles. The van der Waals surface area contributed by atoms with Crippen LogP contribution in [0.2, 0.25) is 0 Å². The van der Waals surface area contributed by atoms with Crippen LogP contribution in [-0.2, 0) is 16.0 Å². The molecule has 2 N–H and O–H groups in total. The van der Waals surface area contributed by atoms with Gasteiger partial charge >= 0.3 is 0 Å². The lowest BCUT2D eigenvalue weighted by molar-refractivity contribution is -0.146. The third-order valence-electron chi connectivity index (χ3n) is 4.20. The molecule has 2 rings (SSSR count). The summed E-state index contributed by atoms with van der Waals surface area (Å²) in [5.41, 5.74) is 1.25. The normalized spacial score (nSPS) is 16.7. The summed E-state index contributed by atoms with van der Waals surface area (Å²) in [7, 11) is 1.59. The zero-order chi connectivity index (χ0) is 15.3. The first kappa shape index (κ1) is 18.9. The van der Waals surface area contributed by atoms with Crippen molar-refractivity contribution in [3.63, 3.8) is 0 Å². The van der Waals surface area contributed by atoms with Crippen molar-refractivity contribution in [1.82, 2.24) is 10.6 Å². The molecule has 1 saturated heterocycles. The average molecular weight is 331 g/mol. The second kappa shape index (κ2) is 8.46. The molecule has 22 heavy (non-hydrogen) atoms. The Labute approximate surface area is 137 Å². The van der Waals surface area contributed by atoms with Crippen molar-refractivity contribution >= 4 is 18.3 Å². The molecule has 0 aliphatic carbocycles. The van der Waals surface area contributed by atoms with Crippen LogP contribution in [-0.4, -0.2) is 38.3 Å². The number of rotatable bonds is 5. The standard InChI is InChI=1S/C16H23FN2O2.ClH/c1-12-11-14(17)4-3-13(12)5-8-19-15(20)16(21-2)6-9-18-10-7-16;/h3-4,11,18H,5-10H2,1-2H3,(H,19,20);1H. The number of carbonyl (C=O) groups is 1. The summed E-state index contributed by atoms with van der Waals surface area (Å²) in [6.07, 6.45) is 2.06.